The van der Waals surface area contributed by atoms with Gasteiger partial charge in [0.15, 0.2) is 5.65 Å². The Bertz CT molecular complexity index is 1260. The molecule has 0 atom stereocenters. The van der Waals surface area contributed by atoms with Gasteiger partial charge in [-0.15, -0.1) is 0 Å². The van der Waals surface area contributed by atoms with Gasteiger partial charge in [-0.25, -0.2) is 22.8 Å². The van der Waals surface area contributed by atoms with Crippen LogP contribution in [0.15, 0.2) is 42.7 Å². The molecule has 7 nitrogen and oxygen atoms in total. The van der Waals surface area contributed by atoms with E-state index in [1.54, 1.807) is 36.9 Å². The lowest BCUT2D eigenvalue weighted by molar-refractivity contribution is -0.116. The normalized spacial score (nSPS) is 11.4. The summed E-state index contributed by atoms with van der Waals surface area (Å²) in [6.45, 7) is 3.37. The maximum Gasteiger partial charge on any atom is 0.264 e. The summed E-state index contributed by atoms with van der Waals surface area (Å²) in [4.78, 5) is 16.8. The van der Waals surface area contributed by atoms with Crippen LogP contribution in [-0.2, 0) is 17.9 Å². The van der Waals surface area contributed by atoms with Gasteiger partial charge >= 0.3 is 0 Å². The lowest BCUT2D eigenvalue weighted by Crippen LogP contribution is -2.19. The molecule has 160 valence electrons. The molecule has 0 radical (unpaired) electrons. The van der Waals surface area contributed by atoms with Crippen molar-refractivity contribution >= 4 is 22.6 Å². The molecule has 0 aliphatic carbocycles. The van der Waals surface area contributed by atoms with Gasteiger partial charge in [0.1, 0.15) is 12.4 Å². The molecule has 1 amide bonds. The third-order valence-corrected chi connectivity index (χ3v) is 4.72. The van der Waals surface area contributed by atoms with Crippen molar-refractivity contribution in [1.29, 1.82) is 0 Å². The van der Waals surface area contributed by atoms with E-state index in [-0.39, 0.29) is 29.0 Å². The highest BCUT2D eigenvalue weighted by Crippen LogP contribution is 2.29. The second kappa shape index (κ2) is 8.21. The molecule has 10 heteroatoms. The monoisotopic (exact) mass is 428 g/mol. The second-order valence-corrected chi connectivity index (χ2v) is 7.20. The molecular formula is C21H19F3N6O. The first kappa shape index (κ1) is 20.6. The van der Waals surface area contributed by atoms with E-state index in [4.69, 9.17) is 0 Å². The van der Waals surface area contributed by atoms with E-state index in [2.05, 4.69) is 20.5 Å². The van der Waals surface area contributed by atoms with Gasteiger partial charge < -0.3 is 5.32 Å². The number of nitrogens with zero attached hydrogens (tertiary/aromatic N) is 5. The van der Waals surface area contributed by atoms with Crippen LogP contribution in [0.25, 0.3) is 11.0 Å². The number of rotatable bonds is 6. The SMILES string of the molecule is Cc1cc(C(F)F)c2c(C)nn(CC(=O)Nc3cnn(Cc4cccc(F)c4)c3)c2n1. The van der Waals surface area contributed by atoms with Gasteiger partial charge in [0.05, 0.1) is 29.5 Å². The number of fused-ring (bicyclic) bond motifs is 1. The molecule has 0 aliphatic heterocycles. The number of hydrogen-bond acceptors (Lipinski definition) is 4. The Kier molecular flexibility index (Phi) is 5.45. The third kappa shape index (κ3) is 4.42. The molecule has 0 aliphatic rings. The van der Waals surface area contributed by atoms with Gasteiger partial charge in [-0.2, -0.15) is 10.2 Å². The summed E-state index contributed by atoms with van der Waals surface area (Å²) >= 11 is 0. The van der Waals surface area contributed by atoms with Gasteiger partial charge in [-0.05, 0) is 37.6 Å². The summed E-state index contributed by atoms with van der Waals surface area (Å²) in [6.07, 6.45) is 0.423. The number of pyridine rings is 1. The Morgan fingerprint density at radius 1 is 1.23 bits per heavy atom. The van der Waals surface area contributed by atoms with Crippen molar-refractivity contribution in [3.8, 4) is 0 Å². The minimum absolute atomic E-state index is 0.148. The van der Waals surface area contributed by atoms with Crippen molar-refractivity contribution in [2.45, 2.75) is 33.4 Å². The number of amides is 1. The van der Waals surface area contributed by atoms with Crippen molar-refractivity contribution in [3.63, 3.8) is 0 Å². The fourth-order valence-corrected chi connectivity index (χ4v) is 3.47. The number of carbonyl (C=O) groups is 1. The van der Waals surface area contributed by atoms with Crippen LogP contribution >= 0.6 is 0 Å². The Morgan fingerprint density at radius 3 is 2.77 bits per heavy atom. The minimum Gasteiger partial charge on any atom is -0.322 e. The van der Waals surface area contributed by atoms with Crippen LogP contribution in [-0.4, -0.2) is 30.5 Å². The fraction of sp³-hybridized carbons (Fsp3) is 0.238. The number of aromatic nitrogens is 5. The number of carbonyl (C=O) groups excluding carboxylic acids is 1. The summed E-state index contributed by atoms with van der Waals surface area (Å²) in [5.74, 6) is -0.740. The number of alkyl halides is 2. The van der Waals surface area contributed by atoms with Crippen molar-refractivity contribution in [1.82, 2.24) is 24.5 Å². The second-order valence-electron chi connectivity index (χ2n) is 7.20. The quantitative estimate of drug-likeness (QED) is 0.504. The standard InChI is InChI=1S/C21H19F3N6O/c1-12-6-17(20(23)24)19-13(2)28-30(21(19)26-12)11-18(31)27-16-8-25-29(10-16)9-14-4-3-5-15(22)7-14/h3-8,10,20H,9,11H2,1-2H3,(H,27,31). The number of nitrogens with one attached hydrogen (secondary N) is 1. The zero-order valence-corrected chi connectivity index (χ0v) is 16.8. The molecule has 0 spiro atoms. The summed E-state index contributed by atoms with van der Waals surface area (Å²) < 4.78 is 43.0. The van der Waals surface area contributed by atoms with Gasteiger partial charge in [0.25, 0.3) is 6.43 Å². The smallest absolute Gasteiger partial charge is 0.264 e. The fourth-order valence-electron chi connectivity index (χ4n) is 3.47. The maximum atomic E-state index is 13.4. The zero-order chi connectivity index (χ0) is 22.1. The van der Waals surface area contributed by atoms with E-state index in [0.717, 1.165) is 5.56 Å². The predicted octanol–water partition coefficient (Wildman–Crippen LogP) is 4.01. The summed E-state index contributed by atoms with van der Waals surface area (Å²) in [5.41, 5.74) is 2.08. The molecular weight excluding hydrogens is 409 g/mol. The van der Waals surface area contributed by atoms with E-state index in [1.165, 1.54) is 29.1 Å². The van der Waals surface area contributed by atoms with Crippen LogP contribution in [0.2, 0.25) is 0 Å². The van der Waals surface area contributed by atoms with Crippen molar-refractivity contribution in [3.05, 3.63) is 71.1 Å². The van der Waals surface area contributed by atoms with E-state index in [9.17, 15) is 18.0 Å². The molecule has 0 bridgehead atoms. The predicted molar refractivity (Wildman–Crippen MR) is 108 cm³/mol. The van der Waals surface area contributed by atoms with Crippen LogP contribution < -0.4 is 5.32 Å². The van der Waals surface area contributed by atoms with Crippen LogP contribution in [0, 0.1) is 19.7 Å². The minimum atomic E-state index is -2.67. The summed E-state index contributed by atoms with van der Waals surface area (Å²) in [7, 11) is 0. The zero-order valence-electron chi connectivity index (χ0n) is 16.8. The lowest BCUT2D eigenvalue weighted by atomic mass is 10.1. The molecule has 1 aromatic carbocycles. The molecule has 4 rings (SSSR count). The largest absolute Gasteiger partial charge is 0.322 e. The number of halogens is 3. The molecule has 4 aromatic rings. The molecule has 0 saturated carbocycles. The Labute approximate surface area is 175 Å². The third-order valence-electron chi connectivity index (χ3n) is 4.72. The van der Waals surface area contributed by atoms with Gasteiger partial charge in [-0.1, -0.05) is 12.1 Å². The van der Waals surface area contributed by atoms with E-state index in [0.29, 0.717) is 23.6 Å². The molecule has 3 heterocycles. The summed E-state index contributed by atoms with van der Waals surface area (Å²) in [6, 6.07) is 7.49. The molecule has 31 heavy (non-hydrogen) atoms. The summed E-state index contributed by atoms with van der Waals surface area (Å²) in [5, 5.41) is 11.3. The number of hydrogen-bond donors (Lipinski definition) is 1. The highest BCUT2D eigenvalue weighted by Gasteiger charge is 2.20. The average molecular weight is 428 g/mol. The first-order chi connectivity index (χ1) is 14.8. The first-order valence-electron chi connectivity index (χ1n) is 9.49. The van der Waals surface area contributed by atoms with E-state index >= 15 is 0 Å². The number of benzene rings is 1. The molecule has 1 N–H and O–H groups in total. The van der Waals surface area contributed by atoms with Gasteiger partial charge in [-0.3, -0.25) is 9.48 Å². The van der Waals surface area contributed by atoms with E-state index < -0.39 is 12.3 Å². The molecule has 3 aromatic heterocycles. The Balaban J connectivity index is 1.50. The molecule has 0 unspecified atom stereocenters. The van der Waals surface area contributed by atoms with Crippen LogP contribution in [0.5, 0.6) is 0 Å². The van der Waals surface area contributed by atoms with Crippen LogP contribution in [0.3, 0.4) is 0 Å². The van der Waals surface area contributed by atoms with Crippen molar-refractivity contribution < 1.29 is 18.0 Å². The molecule has 0 fully saturated rings. The van der Waals surface area contributed by atoms with Crippen LogP contribution in [0.4, 0.5) is 18.9 Å². The van der Waals surface area contributed by atoms with Crippen LogP contribution in [0.1, 0.15) is 28.9 Å². The molecule has 0 saturated heterocycles. The Morgan fingerprint density at radius 2 is 2.03 bits per heavy atom. The highest BCUT2D eigenvalue weighted by atomic mass is 19.3. The van der Waals surface area contributed by atoms with Crippen molar-refractivity contribution in [2.75, 3.05) is 5.32 Å². The topological polar surface area (TPSA) is 77.6 Å². The maximum absolute atomic E-state index is 13.4. The number of aryl methyl sites for hydroxylation is 2. The lowest BCUT2D eigenvalue weighted by Gasteiger charge is -2.06. The van der Waals surface area contributed by atoms with E-state index in [1.807, 2.05) is 0 Å². The van der Waals surface area contributed by atoms with Crippen molar-refractivity contribution in [2.24, 2.45) is 0 Å². The Hall–Kier alpha value is -3.69. The van der Waals surface area contributed by atoms with Gasteiger partial charge in [0.2, 0.25) is 5.91 Å². The highest BCUT2D eigenvalue weighted by molar-refractivity contribution is 5.91. The average Bonchev–Trinajstić information content (AvgIpc) is 3.25. The number of anilines is 1. The van der Waals surface area contributed by atoms with Gasteiger partial charge in [0, 0.05) is 17.5 Å². The first-order valence-corrected chi connectivity index (χ1v) is 9.49.